The molecule has 1 aliphatic carbocycles. The van der Waals surface area contributed by atoms with Gasteiger partial charge in [0.05, 0.1) is 17.7 Å². The van der Waals surface area contributed by atoms with E-state index in [0.29, 0.717) is 12.8 Å². The molecule has 0 saturated heterocycles. The molecule has 1 saturated carbocycles. The summed E-state index contributed by atoms with van der Waals surface area (Å²) in [6.07, 6.45) is 2.28. The van der Waals surface area contributed by atoms with Crippen molar-refractivity contribution in [1.82, 2.24) is 0 Å². The van der Waals surface area contributed by atoms with Gasteiger partial charge in [0.15, 0.2) is 0 Å². The van der Waals surface area contributed by atoms with Crippen LogP contribution in [0.2, 0.25) is 0 Å². The summed E-state index contributed by atoms with van der Waals surface area (Å²) in [7, 11) is 0. The monoisotopic (exact) mass is 223 g/mol. The molecule has 16 heavy (non-hydrogen) atoms. The third kappa shape index (κ3) is 1.80. The van der Waals surface area contributed by atoms with E-state index in [1.807, 2.05) is 0 Å². The number of para-hydroxylation sites is 1. The molecule has 0 radical (unpaired) electrons. The summed E-state index contributed by atoms with van der Waals surface area (Å²) in [4.78, 5) is 11.9. The van der Waals surface area contributed by atoms with Crippen LogP contribution in [0, 0.1) is 11.2 Å². The van der Waals surface area contributed by atoms with Crippen LogP contribution in [0.15, 0.2) is 24.3 Å². The van der Waals surface area contributed by atoms with Crippen molar-refractivity contribution >= 4 is 11.6 Å². The number of anilines is 1. The fourth-order valence-corrected chi connectivity index (χ4v) is 1.88. The predicted octanol–water partition coefficient (Wildman–Crippen LogP) is 1.93. The lowest BCUT2D eigenvalue weighted by Crippen LogP contribution is -2.44. The van der Waals surface area contributed by atoms with Crippen molar-refractivity contribution in [2.45, 2.75) is 19.3 Å². The number of amides is 1. The van der Waals surface area contributed by atoms with E-state index in [2.05, 4.69) is 5.32 Å². The molecule has 2 rings (SSSR count). The van der Waals surface area contributed by atoms with Crippen LogP contribution in [-0.2, 0) is 4.79 Å². The summed E-state index contributed by atoms with van der Waals surface area (Å²) >= 11 is 0. The Labute approximate surface area is 93.3 Å². The Balaban J connectivity index is 2.10. The standard InChI is InChI=1S/C12H14FNO2/c13-9-4-1-2-5-10(9)14-11(16)12(8-15)6-3-7-12/h1-2,4-5,15H,3,6-8H2,(H,14,16). The number of rotatable bonds is 3. The molecule has 3 nitrogen and oxygen atoms in total. The molecule has 1 aromatic rings. The lowest BCUT2D eigenvalue weighted by atomic mass is 9.68. The number of benzene rings is 1. The van der Waals surface area contributed by atoms with Gasteiger partial charge < -0.3 is 10.4 Å². The van der Waals surface area contributed by atoms with Crippen LogP contribution in [-0.4, -0.2) is 17.6 Å². The summed E-state index contributed by atoms with van der Waals surface area (Å²) < 4.78 is 13.3. The fraction of sp³-hybridized carbons (Fsp3) is 0.417. The van der Waals surface area contributed by atoms with Gasteiger partial charge in [0, 0.05) is 0 Å². The molecule has 86 valence electrons. The summed E-state index contributed by atoms with van der Waals surface area (Å²) in [5, 5.41) is 11.7. The number of halogens is 1. The number of aliphatic hydroxyl groups is 1. The molecule has 0 unspecified atom stereocenters. The molecule has 1 amide bonds. The van der Waals surface area contributed by atoms with Crippen molar-refractivity contribution in [2.75, 3.05) is 11.9 Å². The average Bonchev–Trinajstić information content (AvgIpc) is 2.21. The summed E-state index contributed by atoms with van der Waals surface area (Å²) in [5.41, 5.74) is -0.519. The summed E-state index contributed by atoms with van der Waals surface area (Å²) in [6.45, 7) is -0.173. The van der Waals surface area contributed by atoms with Crippen molar-refractivity contribution < 1.29 is 14.3 Å². The van der Waals surface area contributed by atoms with Gasteiger partial charge in [-0.3, -0.25) is 4.79 Å². The van der Waals surface area contributed by atoms with Crippen molar-refractivity contribution in [1.29, 1.82) is 0 Å². The zero-order chi connectivity index (χ0) is 11.6. The van der Waals surface area contributed by atoms with Crippen molar-refractivity contribution in [2.24, 2.45) is 5.41 Å². The van der Waals surface area contributed by atoms with Gasteiger partial charge in [0.2, 0.25) is 5.91 Å². The zero-order valence-electron chi connectivity index (χ0n) is 8.87. The Morgan fingerprint density at radius 2 is 2.12 bits per heavy atom. The van der Waals surface area contributed by atoms with Crippen LogP contribution in [0.3, 0.4) is 0 Å². The number of aliphatic hydroxyl groups excluding tert-OH is 1. The molecule has 0 heterocycles. The molecule has 0 atom stereocenters. The molecule has 1 fully saturated rings. The Kier molecular flexibility index (Phi) is 2.92. The largest absolute Gasteiger partial charge is 0.395 e. The Morgan fingerprint density at radius 1 is 1.44 bits per heavy atom. The van der Waals surface area contributed by atoms with Crippen LogP contribution in [0.1, 0.15) is 19.3 Å². The van der Waals surface area contributed by atoms with E-state index in [1.165, 1.54) is 12.1 Å². The molecule has 0 spiro atoms. The van der Waals surface area contributed by atoms with Gasteiger partial charge >= 0.3 is 0 Å². The SMILES string of the molecule is O=C(Nc1ccccc1F)C1(CO)CCC1. The van der Waals surface area contributed by atoms with E-state index in [0.717, 1.165) is 6.42 Å². The van der Waals surface area contributed by atoms with E-state index in [4.69, 9.17) is 0 Å². The normalized spacial score (nSPS) is 17.6. The number of hydrogen-bond acceptors (Lipinski definition) is 2. The third-order valence-corrected chi connectivity index (χ3v) is 3.22. The van der Waals surface area contributed by atoms with E-state index in [-0.39, 0.29) is 18.2 Å². The Hall–Kier alpha value is -1.42. The van der Waals surface area contributed by atoms with E-state index in [1.54, 1.807) is 12.1 Å². The van der Waals surface area contributed by atoms with Crippen molar-refractivity contribution in [3.8, 4) is 0 Å². The van der Waals surface area contributed by atoms with Gasteiger partial charge in [-0.1, -0.05) is 18.6 Å². The lowest BCUT2D eigenvalue weighted by Gasteiger charge is -2.38. The maximum absolute atomic E-state index is 13.3. The highest BCUT2D eigenvalue weighted by molar-refractivity contribution is 5.96. The summed E-state index contributed by atoms with van der Waals surface area (Å²) in [6, 6.07) is 6.03. The smallest absolute Gasteiger partial charge is 0.232 e. The van der Waals surface area contributed by atoms with Crippen LogP contribution in [0.25, 0.3) is 0 Å². The highest BCUT2D eigenvalue weighted by Gasteiger charge is 2.43. The molecule has 1 aromatic carbocycles. The Bertz CT molecular complexity index is 396. The number of nitrogens with one attached hydrogen (secondary N) is 1. The van der Waals surface area contributed by atoms with E-state index >= 15 is 0 Å². The minimum atomic E-state index is -0.692. The van der Waals surface area contributed by atoms with Gasteiger partial charge in [0.1, 0.15) is 5.82 Å². The first kappa shape index (κ1) is 11.1. The van der Waals surface area contributed by atoms with Crippen LogP contribution >= 0.6 is 0 Å². The zero-order valence-corrected chi connectivity index (χ0v) is 8.87. The molecule has 0 aromatic heterocycles. The highest BCUT2D eigenvalue weighted by Crippen LogP contribution is 2.41. The first-order chi connectivity index (χ1) is 7.68. The molecule has 4 heteroatoms. The van der Waals surface area contributed by atoms with Gasteiger partial charge in [-0.05, 0) is 25.0 Å². The number of carbonyl (C=O) groups excluding carboxylic acids is 1. The molecule has 0 aliphatic heterocycles. The molecule has 2 N–H and O–H groups in total. The van der Waals surface area contributed by atoms with E-state index < -0.39 is 11.2 Å². The highest BCUT2D eigenvalue weighted by atomic mass is 19.1. The maximum Gasteiger partial charge on any atom is 0.232 e. The number of carbonyl (C=O) groups is 1. The molecule has 1 aliphatic rings. The Morgan fingerprint density at radius 3 is 2.62 bits per heavy atom. The van der Waals surface area contributed by atoms with Gasteiger partial charge in [-0.15, -0.1) is 0 Å². The minimum absolute atomic E-state index is 0.173. The predicted molar refractivity (Wildman–Crippen MR) is 58.4 cm³/mol. The van der Waals surface area contributed by atoms with Crippen molar-refractivity contribution in [3.05, 3.63) is 30.1 Å². The third-order valence-electron chi connectivity index (χ3n) is 3.22. The van der Waals surface area contributed by atoms with Crippen molar-refractivity contribution in [3.63, 3.8) is 0 Å². The minimum Gasteiger partial charge on any atom is -0.395 e. The van der Waals surface area contributed by atoms with Crippen LogP contribution in [0.5, 0.6) is 0 Å². The first-order valence-electron chi connectivity index (χ1n) is 5.35. The molecule has 0 bridgehead atoms. The first-order valence-corrected chi connectivity index (χ1v) is 5.35. The fourth-order valence-electron chi connectivity index (χ4n) is 1.88. The van der Waals surface area contributed by atoms with Gasteiger partial charge in [-0.25, -0.2) is 4.39 Å². The number of hydrogen-bond donors (Lipinski definition) is 2. The second kappa shape index (κ2) is 4.22. The van der Waals surface area contributed by atoms with E-state index in [9.17, 15) is 14.3 Å². The molecular formula is C12H14FNO2. The van der Waals surface area contributed by atoms with Crippen LogP contribution < -0.4 is 5.32 Å². The molecular weight excluding hydrogens is 209 g/mol. The second-order valence-corrected chi connectivity index (χ2v) is 4.23. The average molecular weight is 223 g/mol. The maximum atomic E-state index is 13.3. The second-order valence-electron chi connectivity index (χ2n) is 4.23. The summed E-state index contributed by atoms with van der Waals surface area (Å²) in [5.74, 6) is -0.741. The lowest BCUT2D eigenvalue weighted by molar-refractivity contribution is -0.133. The van der Waals surface area contributed by atoms with Crippen LogP contribution in [0.4, 0.5) is 10.1 Å². The quantitative estimate of drug-likeness (QED) is 0.822. The van der Waals surface area contributed by atoms with Gasteiger partial charge in [0.25, 0.3) is 0 Å². The van der Waals surface area contributed by atoms with Gasteiger partial charge in [-0.2, -0.15) is 0 Å². The topological polar surface area (TPSA) is 49.3 Å².